The van der Waals surface area contributed by atoms with Gasteiger partial charge in [-0.3, -0.25) is 9.59 Å². The summed E-state index contributed by atoms with van der Waals surface area (Å²) in [7, 11) is 1.53. The molecule has 0 spiro atoms. The molecule has 24 heavy (non-hydrogen) atoms. The lowest BCUT2D eigenvalue weighted by Gasteiger charge is -2.12. The minimum atomic E-state index is -0.218. The number of pyridine rings is 1. The van der Waals surface area contributed by atoms with E-state index >= 15 is 0 Å². The van der Waals surface area contributed by atoms with Gasteiger partial charge in [-0.25, -0.2) is 0 Å². The minimum Gasteiger partial charge on any atom is -0.495 e. The van der Waals surface area contributed by atoms with Crippen LogP contribution in [0.3, 0.4) is 0 Å². The SMILES string of the molecule is COc1ccc(NC(=O)Cn2ccc(=O)c3ccccc32)cc1Cl. The third kappa shape index (κ3) is 3.26. The molecule has 3 rings (SSSR count). The largest absolute Gasteiger partial charge is 0.495 e. The van der Waals surface area contributed by atoms with E-state index in [1.807, 2.05) is 12.1 Å². The second-order valence-electron chi connectivity index (χ2n) is 5.22. The monoisotopic (exact) mass is 342 g/mol. The molecule has 0 atom stereocenters. The number of amides is 1. The summed E-state index contributed by atoms with van der Waals surface area (Å²) in [4.78, 5) is 24.2. The van der Waals surface area contributed by atoms with Gasteiger partial charge in [0.25, 0.3) is 0 Å². The van der Waals surface area contributed by atoms with Crippen LogP contribution in [0, 0.1) is 0 Å². The predicted molar refractivity (Wildman–Crippen MR) is 94.8 cm³/mol. The third-order valence-corrected chi connectivity index (χ3v) is 3.93. The fourth-order valence-corrected chi connectivity index (χ4v) is 2.76. The van der Waals surface area contributed by atoms with Gasteiger partial charge in [0, 0.05) is 23.3 Å². The van der Waals surface area contributed by atoms with Crippen molar-refractivity contribution in [3.05, 3.63) is 70.0 Å². The van der Waals surface area contributed by atoms with Crippen LogP contribution >= 0.6 is 11.6 Å². The maximum Gasteiger partial charge on any atom is 0.244 e. The molecule has 6 heteroatoms. The van der Waals surface area contributed by atoms with Gasteiger partial charge < -0.3 is 14.6 Å². The molecular formula is C18H15ClN2O3. The number of aromatic nitrogens is 1. The van der Waals surface area contributed by atoms with E-state index < -0.39 is 0 Å². The van der Waals surface area contributed by atoms with E-state index in [4.69, 9.17) is 16.3 Å². The zero-order valence-corrected chi connectivity index (χ0v) is 13.7. The second kappa shape index (κ2) is 6.76. The fourth-order valence-electron chi connectivity index (χ4n) is 2.50. The molecule has 1 aromatic heterocycles. The second-order valence-corrected chi connectivity index (χ2v) is 5.63. The zero-order chi connectivity index (χ0) is 17.1. The Morgan fingerprint density at radius 1 is 1.21 bits per heavy atom. The highest BCUT2D eigenvalue weighted by atomic mass is 35.5. The summed E-state index contributed by atoms with van der Waals surface area (Å²) in [5.41, 5.74) is 1.23. The smallest absolute Gasteiger partial charge is 0.244 e. The first-order chi connectivity index (χ1) is 11.6. The Bertz CT molecular complexity index is 966. The molecule has 3 aromatic rings. The summed E-state index contributed by atoms with van der Waals surface area (Å²) < 4.78 is 6.81. The van der Waals surface area contributed by atoms with E-state index in [9.17, 15) is 9.59 Å². The lowest BCUT2D eigenvalue weighted by molar-refractivity contribution is -0.116. The van der Waals surface area contributed by atoms with Gasteiger partial charge in [0.1, 0.15) is 12.3 Å². The molecule has 1 heterocycles. The number of ether oxygens (including phenoxy) is 1. The summed E-state index contributed by atoms with van der Waals surface area (Å²) in [6, 6.07) is 13.7. The predicted octanol–water partition coefficient (Wildman–Crippen LogP) is 3.30. The molecule has 0 bridgehead atoms. The van der Waals surface area contributed by atoms with Crippen LogP contribution in [0.1, 0.15) is 0 Å². The number of fused-ring (bicyclic) bond motifs is 1. The van der Waals surface area contributed by atoms with Crippen LogP contribution in [0.25, 0.3) is 10.9 Å². The Morgan fingerprint density at radius 2 is 2.00 bits per heavy atom. The molecule has 5 nitrogen and oxygen atoms in total. The topological polar surface area (TPSA) is 60.3 Å². The van der Waals surface area contributed by atoms with Gasteiger partial charge in [0.2, 0.25) is 5.91 Å². The van der Waals surface area contributed by atoms with Crippen molar-refractivity contribution >= 4 is 34.1 Å². The molecule has 1 N–H and O–H groups in total. The number of methoxy groups -OCH3 is 1. The molecular weight excluding hydrogens is 328 g/mol. The van der Waals surface area contributed by atoms with Crippen LogP contribution in [-0.4, -0.2) is 17.6 Å². The molecule has 0 fully saturated rings. The number of hydrogen-bond acceptors (Lipinski definition) is 3. The van der Waals surface area contributed by atoms with Crippen LogP contribution in [0.5, 0.6) is 5.75 Å². The highest BCUT2D eigenvalue weighted by Gasteiger charge is 2.08. The lowest BCUT2D eigenvalue weighted by Crippen LogP contribution is -2.20. The molecule has 0 aliphatic rings. The van der Waals surface area contributed by atoms with Crippen LogP contribution in [0.2, 0.25) is 5.02 Å². The minimum absolute atomic E-state index is 0.0656. The number of nitrogens with zero attached hydrogens (tertiary/aromatic N) is 1. The Kier molecular flexibility index (Phi) is 4.53. The number of hydrogen-bond donors (Lipinski definition) is 1. The fraction of sp³-hybridized carbons (Fsp3) is 0.111. The Morgan fingerprint density at radius 3 is 2.75 bits per heavy atom. The van der Waals surface area contributed by atoms with E-state index in [-0.39, 0.29) is 17.9 Å². The molecule has 2 aromatic carbocycles. The first-order valence-corrected chi connectivity index (χ1v) is 7.68. The Labute approximate surface area is 143 Å². The van der Waals surface area contributed by atoms with Crippen molar-refractivity contribution in [2.24, 2.45) is 0 Å². The van der Waals surface area contributed by atoms with Gasteiger partial charge in [-0.2, -0.15) is 0 Å². The quantitative estimate of drug-likeness (QED) is 0.791. The number of anilines is 1. The van der Waals surface area contributed by atoms with E-state index in [2.05, 4.69) is 5.32 Å². The summed E-state index contributed by atoms with van der Waals surface area (Å²) in [5, 5.41) is 3.79. The third-order valence-electron chi connectivity index (χ3n) is 3.63. The van der Waals surface area contributed by atoms with Crippen molar-refractivity contribution in [3.8, 4) is 5.75 Å². The zero-order valence-electron chi connectivity index (χ0n) is 13.0. The number of carbonyl (C=O) groups is 1. The Hall–Kier alpha value is -2.79. The van der Waals surface area contributed by atoms with Gasteiger partial charge in [0.15, 0.2) is 5.43 Å². The number of para-hydroxylation sites is 1. The average molecular weight is 343 g/mol. The number of carbonyl (C=O) groups excluding carboxylic acids is 1. The van der Waals surface area contributed by atoms with E-state index in [0.717, 1.165) is 0 Å². The highest BCUT2D eigenvalue weighted by Crippen LogP contribution is 2.27. The molecule has 0 radical (unpaired) electrons. The number of nitrogens with one attached hydrogen (secondary N) is 1. The highest BCUT2D eigenvalue weighted by molar-refractivity contribution is 6.32. The van der Waals surface area contributed by atoms with Gasteiger partial charge >= 0.3 is 0 Å². The average Bonchev–Trinajstić information content (AvgIpc) is 2.58. The van der Waals surface area contributed by atoms with Crippen LogP contribution < -0.4 is 15.5 Å². The summed E-state index contributed by atoms with van der Waals surface area (Å²) in [6.45, 7) is 0.0877. The number of rotatable bonds is 4. The lowest BCUT2D eigenvalue weighted by atomic mass is 10.2. The van der Waals surface area contributed by atoms with Crippen molar-refractivity contribution in [3.63, 3.8) is 0 Å². The van der Waals surface area contributed by atoms with Crippen molar-refractivity contribution < 1.29 is 9.53 Å². The van der Waals surface area contributed by atoms with Crippen molar-refractivity contribution in [1.82, 2.24) is 4.57 Å². The first-order valence-electron chi connectivity index (χ1n) is 7.30. The number of halogens is 1. The maximum atomic E-state index is 12.3. The summed E-state index contributed by atoms with van der Waals surface area (Å²) >= 11 is 6.05. The summed E-state index contributed by atoms with van der Waals surface area (Å²) in [6.07, 6.45) is 1.62. The maximum absolute atomic E-state index is 12.3. The normalized spacial score (nSPS) is 10.6. The Balaban J connectivity index is 1.82. The van der Waals surface area contributed by atoms with Crippen molar-refractivity contribution in [1.29, 1.82) is 0 Å². The van der Waals surface area contributed by atoms with Crippen molar-refractivity contribution in [2.45, 2.75) is 6.54 Å². The van der Waals surface area contributed by atoms with Crippen LogP contribution in [-0.2, 0) is 11.3 Å². The van der Waals surface area contributed by atoms with E-state index in [1.165, 1.54) is 13.2 Å². The molecule has 0 aliphatic carbocycles. The van der Waals surface area contributed by atoms with Crippen LogP contribution in [0.15, 0.2) is 59.5 Å². The van der Waals surface area contributed by atoms with Gasteiger partial charge in [0.05, 0.1) is 17.6 Å². The molecule has 0 saturated heterocycles. The number of benzene rings is 2. The van der Waals surface area contributed by atoms with Crippen molar-refractivity contribution in [2.75, 3.05) is 12.4 Å². The first kappa shape index (κ1) is 16.1. The summed E-state index contributed by atoms with van der Waals surface area (Å²) in [5.74, 6) is 0.325. The van der Waals surface area contributed by atoms with E-state index in [0.29, 0.717) is 27.4 Å². The standard InChI is InChI=1S/C18H15ClN2O3/c1-24-17-7-6-12(10-14(17)19)20-18(23)11-21-9-8-16(22)13-4-2-3-5-15(13)21/h2-10H,11H2,1H3,(H,20,23). The molecule has 122 valence electrons. The molecule has 0 saturated carbocycles. The molecule has 0 aliphatic heterocycles. The van der Waals surface area contributed by atoms with Gasteiger partial charge in [-0.15, -0.1) is 0 Å². The van der Waals surface area contributed by atoms with E-state index in [1.54, 1.807) is 41.1 Å². The molecule has 0 unspecified atom stereocenters. The van der Waals surface area contributed by atoms with Gasteiger partial charge in [-0.1, -0.05) is 23.7 Å². The van der Waals surface area contributed by atoms with Crippen LogP contribution in [0.4, 0.5) is 5.69 Å². The molecule has 1 amide bonds. The van der Waals surface area contributed by atoms with Gasteiger partial charge in [-0.05, 0) is 30.3 Å².